The van der Waals surface area contributed by atoms with Crippen LogP contribution in [0.25, 0.3) is 35.6 Å². The fourth-order valence-corrected chi connectivity index (χ4v) is 8.24. The van der Waals surface area contributed by atoms with Gasteiger partial charge >= 0.3 is 35.0 Å². The summed E-state index contributed by atoms with van der Waals surface area (Å²) >= 11 is 0. The van der Waals surface area contributed by atoms with E-state index in [1.165, 1.54) is 18.2 Å². The molecule has 4 atom stereocenters. The number of carbonyl (C=O) groups excluding carboxylic acids is 2. The van der Waals surface area contributed by atoms with Gasteiger partial charge in [-0.2, -0.15) is 0 Å². The summed E-state index contributed by atoms with van der Waals surface area (Å²) < 4.78 is 10.9. The SMILES string of the molecule is C=Cc1c2[n-]c(c1C)/C=C1\NC(C3=c4[n-]c(c(C)c4=C(O)[C@@H]3C(=O)OC)/C=c3\[nH]/c(c(C)c3CC)=C\2)[C@@H](CCC(=O)OC/C=C(\C)CCC)[C@@H]1C.[Mg+2]. The largest absolute Gasteiger partial charge is 2.00 e. The first-order valence-corrected chi connectivity index (χ1v) is 18.1. The van der Waals surface area contributed by atoms with Crippen LogP contribution in [0.2, 0.25) is 0 Å². The number of aliphatic hydroxyl groups is 1. The number of hydrogen-bond donors (Lipinski definition) is 3. The Morgan fingerprint density at radius 1 is 1.00 bits per heavy atom. The van der Waals surface area contributed by atoms with Crippen molar-refractivity contribution < 1.29 is 24.2 Å². The molecule has 52 heavy (non-hydrogen) atoms. The van der Waals surface area contributed by atoms with Gasteiger partial charge in [0.05, 0.1) is 13.2 Å². The normalized spacial score (nSPS) is 22.7. The first kappa shape index (κ1) is 39.1. The van der Waals surface area contributed by atoms with E-state index in [1.54, 1.807) is 0 Å². The summed E-state index contributed by atoms with van der Waals surface area (Å²) in [6, 6.07) is -0.431. The van der Waals surface area contributed by atoms with Crippen LogP contribution in [0.5, 0.6) is 0 Å². The zero-order valence-electron chi connectivity index (χ0n) is 31.8. The molecule has 8 bridgehead atoms. The van der Waals surface area contributed by atoms with Crippen molar-refractivity contribution in [3.8, 4) is 0 Å². The number of carbonyl (C=O) groups is 2. The van der Waals surface area contributed by atoms with Gasteiger partial charge < -0.3 is 34.8 Å². The van der Waals surface area contributed by atoms with E-state index < -0.39 is 17.9 Å². The summed E-state index contributed by atoms with van der Waals surface area (Å²) in [7, 11) is 1.33. The smallest absolute Gasteiger partial charge is 0.657 e. The van der Waals surface area contributed by atoms with Crippen LogP contribution >= 0.6 is 0 Å². The molecule has 6 rings (SSSR count). The molecule has 0 spiro atoms. The maximum Gasteiger partial charge on any atom is 2.00 e. The van der Waals surface area contributed by atoms with Crippen LogP contribution < -0.4 is 36.6 Å². The van der Waals surface area contributed by atoms with Crippen LogP contribution in [-0.4, -0.2) is 64.8 Å². The van der Waals surface area contributed by atoms with E-state index in [1.807, 2.05) is 32.1 Å². The minimum Gasteiger partial charge on any atom is -0.657 e. The molecule has 3 aromatic rings. The van der Waals surface area contributed by atoms with Gasteiger partial charge in [-0.05, 0) is 81.2 Å². The van der Waals surface area contributed by atoms with Crippen molar-refractivity contribution in [2.24, 2.45) is 17.8 Å². The Morgan fingerprint density at radius 3 is 2.38 bits per heavy atom. The average molecular weight is 715 g/mol. The zero-order chi connectivity index (χ0) is 36.7. The summed E-state index contributed by atoms with van der Waals surface area (Å²) in [5.74, 6) is -2.10. The molecule has 0 radical (unpaired) electrons. The van der Waals surface area contributed by atoms with Crippen LogP contribution in [-0.2, 0) is 25.5 Å². The number of hydrogen-bond acceptors (Lipinski definition) is 6. The molecule has 9 nitrogen and oxygen atoms in total. The topological polar surface area (TPSA) is 129 Å². The number of fused-ring (bicyclic) bond motifs is 8. The number of H-pyrrole nitrogens is 1. The third-order valence-corrected chi connectivity index (χ3v) is 11.2. The van der Waals surface area contributed by atoms with E-state index in [0.29, 0.717) is 28.3 Å². The summed E-state index contributed by atoms with van der Waals surface area (Å²) in [5, 5.41) is 18.6. The van der Waals surface area contributed by atoms with Gasteiger partial charge in [0.15, 0.2) is 0 Å². The number of aliphatic hydroxyl groups excluding tert-OH is 1. The van der Waals surface area contributed by atoms with Crippen molar-refractivity contribution in [1.29, 1.82) is 0 Å². The summed E-state index contributed by atoms with van der Waals surface area (Å²) in [4.78, 5) is 40.4. The number of nitrogens with zero attached hydrogens (tertiary/aromatic N) is 2. The Morgan fingerprint density at radius 2 is 1.71 bits per heavy atom. The minimum atomic E-state index is -1.03. The van der Waals surface area contributed by atoms with Crippen molar-refractivity contribution >= 4 is 70.6 Å². The summed E-state index contributed by atoms with van der Waals surface area (Å²) in [5.41, 5.74) is 10.2. The molecule has 3 aromatic heterocycles. The maximum atomic E-state index is 13.5. The van der Waals surface area contributed by atoms with Crippen molar-refractivity contribution in [3.05, 3.63) is 90.1 Å². The molecule has 0 aromatic carbocycles. The molecular weight excluding hydrogens is 665 g/mol. The van der Waals surface area contributed by atoms with E-state index in [2.05, 4.69) is 63.7 Å². The summed E-state index contributed by atoms with van der Waals surface area (Å²) in [6.45, 7) is 18.9. The van der Waals surface area contributed by atoms with Crippen LogP contribution in [0, 0.1) is 38.5 Å². The fourth-order valence-electron chi connectivity index (χ4n) is 8.24. The number of allylic oxidation sites excluding steroid dienone is 2. The van der Waals surface area contributed by atoms with E-state index in [4.69, 9.17) is 19.4 Å². The van der Waals surface area contributed by atoms with Gasteiger partial charge in [-0.15, -0.1) is 22.4 Å². The van der Waals surface area contributed by atoms with Gasteiger partial charge in [0, 0.05) is 34.0 Å². The molecule has 10 heteroatoms. The van der Waals surface area contributed by atoms with Crippen LogP contribution in [0.4, 0.5) is 0 Å². The van der Waals surface area contributed by atoms with Gasteiger partial charge in [0.1, 0.15) is 18.3 Å². The molecule has 5 heterocycles. The number of ether oxygens (including phenoxy) is 2. The van der Waals surface area contributed by atoms with Crippen molar-refractivity contribution in [2.45, 2.75) is 86.6 Å². The Balaban J connectivity index is 0.00000523. The molecule has 3 N–H and O–H groups in total. The predicted molar refractivity (Wildman–Crippen MR) is 207 cm³/mol. The maximum absolute atomic E-state index is 13.5. The molecule has 270 valence electrons. The van der Waals surface area contributed by atoms with Crippen LogP contribution in [0.15, 0.2) is 23.9 Å². The van der Waals surface area contributed by atoms with Crippen LogP contribution in [0.3, 0.4) is 0 Å². The first-order chi connectivity index (χ1) is 24.4. The van der Waals surface area contributed by atoms with E-state index in [9.17, 15) is 14.7 Å². The van der Waals surface area contributed by atoms with Crippen molar-refractivity contribution in [1.82, 2.24) is 20.3 Å². The zero-order valence-corrected chi connectivity index (χ0v) is 33.2. The number of aromatic nitrogens is 3. The second kappa shape index (κ2) is 15.8. The second-order valence-corrected chi connectivity index (χ2v) is 14.2. The summed E-state index contributed by atoms with van der Waals surface area (Å²) in [6.07, 6.45) is 13.5. The predicted octanol–water partition coefficient (Wildman–Crippen LogP) is 3.60. The number of rotatable bonds is 10. The average Bonchev–Trinajstić information content (AvgIpc) is 3.84. The fraction of sp³-hybridized carbons (Fsp3) is 0.429. The number of nitrogens with one attached hydrogen (secondary N) is 2. The first-order valence-electron chi connectivity index (χ1n) is 18.1. The molecule has 0 amide bonds. The monoisotopic (exact) mass is 714 g/mol. The molecule has 1 saturated heterocycles. The Kier molecular flexibility index (Phi) is 11.9. The van der Waals surface area contributed by atoms with Gasteiger partial charge in [-0.3, -0.25) is 9.59 Å². The number of aromatic amines is 1. The third kappa shape index (κ3) is 6.87. The molecule has 1 aliphatic carbocycles. The Labute approximate surface area is 321 Å². The van der Waals surface area contributed by atoms with Gasteiger partial charge in [0.25, 0.3) is 0 Å². The third-order valence-electron chi connectivity index (χ3n) is 11.2. The van der Waals surface area contributed by atoms with Gasteiger partial charge in [0.2, 0.25) is 0 Å². The number of methoxy groups -OCH3 is 1. The van der Waals surface area contributed by atoms with Gasteiger partial charge in [-0.1, -0.05) is 74.8 Å². The molecule has 0 saturated carbocycles. The van der Waals surface area contributed by atoms with E-state index in [-0.39, 0.29) is 59.6 Å². The number of esters is 2. The van der Waals surface area contributed by atoms with Gasteiger partial charge in [-0.25, -0.2) is 0 Å². The van der Waals surface area contributed by atoms with Crippen LogP contribution in [0.1, 0.15) is 98.3 Å². The molecule has 3 aliphatic rings. The quantitative estimate of drug-likeness (QED) is 0.165. The second-order valence-electron chi connectivity index (χ2n) is 14.2. The Bertz CT molecular complexity index is 2230. The Hall–Kier alpha value is -4.15. The standard InChI is InChI=1S/C42H50N4O5.Mg/c1-10-13-21(4)16-17-51-35(47)15-14-28-24(7)31-18-29-22(5)26(11-2)33(43-29)19-30-23(6)27(12-3)34(44-30)20-32-25(8)36-40(46-32)37(39(28)45-31)38(41(36)48)42(49)50-9;/h11,16,18-20,24,28,38-39,44-45,48H,2,10,12-15,17H2,1,3-9H3;/q-2;+2/b21-16+,30-19-,31-18-,34-20-;/t24-,28-,38+,39?;/m0./s1. The van der Waals surface area contributed by atoms with E-state index in [0.717, 1.165) is 69.3 Å². The van der Waals surface area contributed by atoms with Crippen molar-refractivity contribution in [2.75, 3.05) is 13.7 Å². The van der Waals surface area contributed by atoms with Crippen molar-refractivity contribution in [3.63, 3.8) is 0 Å². The molecule has 1 fully saturated rings. The molecular formula is C42H50MgN4O5. The molecule has 2 aliphatic heterocycles. The van der Waals surface area contributed by atoms with E-state index >= 15 is 0 Å². The molecule has 1 unspecified atom stereocenters. The minimum absolute atomic E-state index is 0.